The molecular weight excluding hydrogens is 344 g/mol. The van der Waals surface area contributed by atoms with Crippen LogP contribution in [0.15, 0.2) is 30.5 Å². The Bertz CT molecular complexity index is 850. The molecule has 2 aromatic rings. The number of benzene rings is 1. The van der Waals surface area contributed by atoms with Crippen LogP contribution in [0.2, 0.25) is 0 Å². The van der Waals surface area contributed by atoms with Crippen molar-refractivity contribution in [2.45, 2.75) is 38.3 Å². The number of H-pyrrole nitrogens is 1. The number of aryl methyl sites for hydroxylation is 1. The van der Waals surface area contributed by atoms with Crippen LogP contribution >= 0.6 is 0 Å². The lowest BCUT2D eigenvalue weighted by Crippen LogP contribution is -2.55. The number of amides is 1. The van der Waals surface area contributed by atoms with E-state index >= 15 is 0 Å². The van der Waals surface area contributed by atoms with Crippen LogP contribution in [0.1, 0.15) is 30.4 Å². The molecule has 3 heterocycles. The molecule has 1 spiro atoms. The summed E-state index contributed by atoms with van der Waals surface area (Å²) in [5.41, 5.74) is 3.88. The Morgan fingerprint density at radius 2 is 2.00 bits per heavy atom. The second-order valence-electron chi connectivity index (χ2n) is 7.71. The number of carbonyl (C=O) groups is 2. The molecule has 142 valence electrons. The van der Waals surface area contributed by atoms with Crippen molar-refractivity contribution >= 4 is 11.9 Å². The lowest BCUT2D eigenvalue weighted by atomic mass is 9.77. The minimum absolute atomic E-state index is 0.0919. The minimum atomic E-state index is -0.877. The van der Waals surface area contributed by atoms with Crippen molar-refractivity contribution in [3.63, 3.8) is 0 Å². The molecule has 0 aliphatic carbocycles. The Hall–Kier alpha value is -2.67. The summed E-state index contributed by atoms with van der Waals surface area (Å²) in [6, 6.07) is 8.34. The molecule has 7 nitrogen and oxygen atoms in total. The minimum Gasteiger partial charge on any atom is -0.481 e. The number of nitrogens with zero attached hydrogens (tertiary/aromatic N) is 2. The molecule has 1 aromatic carbocycles. The standard InChI is InChI=1S/C20H24N4O3/c1-13-2-4-14(5-3-13)18-15(11-21-23-18)12-24-8-6-20(7-9-24)16(19(26)27)10-17(25)22-20/h2-5,11,16H,6-10,12H2,1H3,(H,21,23)(H,22,25)(H,26,27)/t16-/m1/s1. The number of nitrogens with one attached hydrogen (secondary N) is 2. The van der Waals surface area contributed by atoms with E-state index in [0.29, 0.717) is 12.8 Å². The third-order valence-corrected chi connectivity index (χ3v) is 5.94. The third kappa shape index (κ3) is 3.35. The Balaban J connectivity index is 1.45. The largest absolute Gasteiger partial charge is 0.481 e. The highest BCUT2D eigenvalue weighted by molar-refractivity contribution is 5.88. The average Bonchev–Trinajstić information content (AvgIpc) is 3.22. The highest BCUT2D eigenvalue weighted by Crippen LogP contribution is 2.37. The molecular formula is C20H24N4O3. The zero-order valence-corrected chi connectivity index (χ0v) is 15.4. The van der Waals surface area contributed by atoms with Gasteiger partial charge in [0.05, 0.1) is 23.3 Å². The summed E-state index contributed by atoms with van der Waals surface area (Å²) in [5.74, 6) is -1.64. The Morgan fingerprint density at radius 1 is 1.30 bits per heavy atom. The van der Waals surface area contributed by atoms with Gasteiger partial charge in [-0.25, -0.2) is 0 Å². The van der Waals surface area contributed by atoms with Gasteiger partial charge in [-0.3, -0.25) is 19.6 Å². The van der Waals surface area contributed by atoms with Gasteiger partial charge in [0.2, 0.25) is 5.91 Å². The number of carbonyl (C=O) groups excluding carboxylic acids is 1. The van der Waals surface area contributed by atoms with Gasteiger partial charge in [0.15, 0.2) is 0 Å². The lowest BCUT2D eigenvalue weighted by Gasteiger charge is -2.41. The molecule has 1 atom stereocenters. The van der Waals surface area contributed by atoms with Gasteiger partial charge >= 0.3 is 5.97 Å². The SMILES string of the molecule is Cc1ccc(-c2[nH]ncc2CN2CCC3(CC2)NC(=O)C[C@@H]3C(=O)O)cc1. The van der Waals surface area contributed by atoms with Crippen LogP contribution in [0.3, 0.4) is 0 Å². The maximum absolute atomic E-state index is 11.8. The van der Waals surface area contributed by atoms with Crippen LogP contribution in [-0.4, -0.2) is 50.7 Å². The van der Waals surface area contributed by atoms with Crippen molar-refractivity contribution in [3.05, 3.63) is 41.6 Å². The van der Waals surface area contributed by atoms with Crippen molar-refractivity contribution in [1.29, 1.82) is 0 Å². The molecule has 2 aliphatic heterocycles. The Kier molecular flexibility index (Phi) is 4.47. The number of piperidine rings is 1. The summed E-state index contributed by atoms with van der Waals surface area (Å²) >= 11 is 0. The smallest absolute Gasteiger partial charge is 0.309 e. The topological polar surface area (TPSA) is 98.3 Å². The average molecular weight is 368 g/mol. The third-order valence-electron chi connectivity index (χ3n) is 5.94. The molecule has 0 saturated carbocycles. The van der Waals surface area contributed by atoms with E-state index in [9.17, 15) is 14.7 Å². The molecule has 4 rings (SSSR count). The lowest BCUT2D eigenvalue weighted by molar-refractivity contribution is -0.144. The van der Waals surface area contributed by atoms with Crippen molar-refractivity contribution in [3.8, 4) is 11.3 Å². The summed E-state index contributed by atoms with van der Waals surface area (Å²) in [6.45, 7) is 4.32. The molecule has 2 saturated heterocycles. The van der Waals surface area contributed by atoms with Crippen molar-refractivity contribution < 1.29 is 14.7 Å². The fourth-order valence-electron chi connectivity index (χ4n) is 4.35. The molecule has 0 bridgehead atoms. The molecule has 1 aromatic heterocycles. The fourth-order valence-corrected chi connectivity index (χ4v) is 4.35. The van der Waals surface area contributed by atoms with Gasteiger partial charge in [0.1, 0.15) is 0 Å². The van der Waals surface area contributed by atoms with E-state index in [1.54, 1.807) is 0 Å². The van der Waals surface area contributed by atoms with Gasteiger partial charge in [-0.05, 0) is 25.3 Å². The summed E-state index contributed by atoms with van der Waals surface area (Å²) < 4.78 is 0. The van der Waals surface area contributed by atoms with E-state index in [2.05, 4.69) is 51.6 Å². The van der Waals surface area contributed by atoms with Gasteiger partial charge in [0.25, 0.3) is 0 Å². The number of likely N-dealkylation sites (tertiary alicyclic amines) is 1. The van der Waals surface area contributed by atoms with Gasteiger partial charge < -0.3 is 10.4 Å². The van der Waals surface area contributed by atoms with Crippen LogP contribution in [-0.2, 0) is 16.1 Å². The number of rotatable bonds is 4. The van der Waals surface area contributed by atoms with Crippen molar-refractivity contribution in [2.75, 3.05) is 13.1 Å². The van der Waals surface area contributed by atoms with Gasteiger partial charge in [-0.15, -0.1) is 0 Å². The van der Waals surface area contributed by atoms with E-state index in [1.165, 1.54) is 5.56 Å². The van der Waals surface area contributed by atoms with E-state index in [4.69, 9.17) is 0 Å². The number of hydrogen-bond acceptors (Lipinski definition) is 4. The second kappa shape index (κ2) is 6.81. The van der Waals surface area contributed by atoms with Crippen molar-refractivity contribution in [2.24, 2.45) is 5.92 Å². The zero-order valence-electron chi connectivity index (χ0n) is 15.4. The van der Waals surface area contributed by atoms with E-state index < -0.39 is 17.4 Å². The first kappa shape index (κ1) is 17.7. The first-order valence-electron chi connectivity index (χ1n) is 9.32. The van der Waals surface area contributed by atoms with E-state index in [-0.39, 0.29) is 12.3 Å². The number of carboxylic acid groups (broad SMARTS) is 1. The van der Waals surface area contributed by atoms with Crippen LogP contribution in [0.5, 0.6) is 0 Å². The summed E-state index contributed by atoms with van der Waals surface area (Å²) in [6.07, 6.45) is 3.27. The number of hydrogen-bond donors (Lipinski definition) is 3. The van der Waals surface area contributed by atoms with Gasteiger partial charge in [-0.1, -0.05) is 29.8 Å². The molecule has 2 fully saturated rings. The summed E-state index contributed by atoms with van der Waals surface area (Å²) in [5, 5.41) is 19.8. The first-order valence-corrected chi connectivity index (χ1v) is 9.32. The maximum atomic E-state index is 11.8. The molecule has 2 aliphatic rings. The molecule has 0 radical (unpaired) electrons. The number of aromatic amines is 1. The molecule has 3 N–H and O–H groups in total. The highest BCUT2D eigenvalue weighted by Gasteiger charge is 2.51. The molecule has 0 unspecified atom stereocenters. The number of aliphatic carboxylic acids is 1. The predicted octanol–water partition coefficient (Wildman–Crippen LogP) is 1.94. The first-order chi connectivity index (χ1) is 13.0. The summed E-state index contributed by atoms with van der Waals surface area (Å²) in [7, 11) is 0. The molecule has 1 amide bonds. The highest BCUT2D eigenvalue weighted by atomic mass is 16.4. The molecule has 27 heavy (non-hydrogen) atoms. The number of aromatic nitrogens is 2. The molecule has 7 heteroatoms. The van der Waals surface area contributed by atoms with Gasteiger partial charge in [-0.2, -0.15) is 5.10 Å². The second-order valence-corrected chi connectivity index (χ2v) is 7.71. The fraction of sp³-hybridized carbons (Fsp3) is 0.450. The number of carboxylic acids is 1. The van der Waals surface area contributed by atoms with Crippen LogP contribution in [0.25, 0.3) is 11.3 Å². The van der Waals surface area contributed by atoms with Crippen LogP contribution in [0, 0.1) is 12.8 Å². The summed E-state index contributed by atoms with van der Waals surface area (Å²) in [4.78, 5) is 25.7. The van der Waals surface area contributed by atoms with Gasteiger partial charge in [0, 0.05) is 31.6 Å². The predicted molar refractivity (Wildman–Crippen MR) is 99.9 cm³/mol. The van der Waals surface area contributed by atoms with Crippen LogP contribution in [0.4, 0.5) is 0 Å². The Labute approximate surface area is 157 Å². The van der Waals surface area contributed by atoms with Crippen LogP contribution < -0.4 is 5.32 Å². The quantitative estimate of drug-likeness (QED) is 0.766. The monoisotopic (exact) mass is 368 g/mol. The Morgan fingerprint density at radius 3 is 2.67 bits per heavy atom. The zero-order chi connectivity index (χ0) is 19.0. The van der Waals surface area contributed by atoms with E-state index in [1.807, 2.05) is 6.20 Å². The normalized spacial score (nSPS) is 22.1. The van der Waals surface area contributed by atoms with Crippen molar-refractivity contribution in [1.82, 2.24) is 20.4 Å². The van der Waals surface area contributed by atoms with E-state index in [0.717, 1.165) is 36.5 Å². The maximum Gasteiger partial charge on any atom is 0.309 e.